The van der Waals surface area contributed by atoms with Crippen molar-refractivity contribution in [3.8, 4) is 0 Å². The van der Waals surface area contributed by atoms with Crippen LogP contribution in [0.3, 0.4) is 0 Å². The van der Waals surface area contributed by atoms with Crippen LogP contribution in [0.1, 0.15) is 42.5 Å². The number of hydrogen-bond donors (Lipinski definition) is 2. The Labute approximate surface area is 127 Å². The number of hydrogen-bond acceptors (Lipinski definition) is 4. The molecule has 8 nitrogen and oxygen atoms in total. The Bertz CT molecular complexity index is 688. The van der Waals surface area contributed by atoms with Gasteiger partial charge in [0.25, 0.3) is 5.91 Å². The van der Waals surface area contributed by atoms with E-state index in [1.807, 2.05) is 18.5 Å². The number of aliphatic carboxylic acids is 1. The highest BCUT2D eigenvalue weighted by Gasteiger charge is 2.21. The fraction of sp³-hybridized carbons (Fsp3) is 0.429. The molecule has 2 heterocycles. The van der Waals surface area contributed by atoms with Crippen molar-refractivity contribution in [2.45, 2.75) is 39.8 Å². The minimum absolute atomic E-state index is 0.178. The van der Waals surface area contributed by atoms with Crippen LogP contribution in [0.2, 0.25) is 0 Å². The third kappa shape index (κ3) is 3.16. The topological polar surface area (TPSA) is 102 Å². The lowest BCUT2D eigenvalue weighted by Crippen LogP contribution is -2.24. The molecule has 2 N–H and O–H groups in total. The van der Waals surface area contributed by atoms with Gasteiger partial charge in [-0.05, 0) is 26.3 Å². The molecular formula is C14H19N5O3. The number of aryl methyl sites for hydroxylation is 2. The van der Waals surface area contributed by atoms with Gasteiger partial charge in [-0.2, -0.15) is 10.2 Å². The summed E-state index contributed by atoms with van der Waals surface area (Å²) in [6, 6.07) is 2.33. The van der Waals surface area contributed by atoms with Crippen LogP contribution in [0, 0.1) is 6.92 Å². The Kier molecular flexibility index (Phi) is 4.59. The maximum Gasteiger partial charge on any atom is 0.328 e. The van der Waals surface area contributed by atoms with E-state index in [9.17, 15) is 9.59 Å². The molecule has 22 heavy (non-hydrogen) atoms. The highest BCUT2D eigenvalue weighted by Crippen LogP contribution is 2.13. The number of nitrogens with one attached hydrogen (secondary N) is 1. The van der Waals surface area contributed by atoms with Crippen molar-refractivity contribution in [3.63, 3.8) is 0 Å². The standard InChI is InChI=1S/C14H19N5O3/c1-4-7-18-9(2)8-12(17-18)16-13(20)11-5-6-15-19(11)10(3)14(21)22/h5-6,8,10H,4,7H2,1-3H3,(H,21,22)(H,16,17,20). The number of carboxylic acid groups (broad SMARTS) is 1. The molecule has 0 bridgehead atoms. The van der Waals surface area contributed by atoms with Gasteiger partial charge in [0.1, 0.15) is 11.7 Å². The lowest BCUT2D eigenvalue weighted by Gasteiger charge is -2.10. The number of rotatable bonds is 6. The molecular weight excluding hydrogens is 286 g/mol. The predicted molar refractivity (Wildman–Crippen MR) is 79.8 cm³/mol. The summed E-state index contributed by atoms with van der Waals surface area (Å²) >= 11 is 0. The number of carbonyl (C=O) groups is 2. The van der Waals surface area contributed by atoms with E-state index >= 15 is 0 Å². The average Bonchev–Trinajstić information content (AvgIpc) is 3.06. The Morgan fingerprint density at radius 2 is 2.18 bits per heavy atom. The van der Waals surface area contributed by atoms with Crippen LogP contribution >= 0.6 is 0 Å². The first-order valence-corrected chi connectivity index (χ1v) is 7.06. The van der Waals surface area contributed by atoms with Crippen molar-refractivity contribution >= 4 is 17.7 Å². The van der Waals surface area contributed by atoms with Crippen molar-refractivity contribution in [1.82, 2.24) is 19.6 Å². The van der Waals surface area contributed by atoms with E-state index in [1.54, 1.807) is 6.07 Å². The first kappa shape index (κ1) is 15.7. The molecule has 2 aromatic heterocycles. The summed E-state index contributed by atoms with van der Waals surface area (Å²) in [5, 5.41) is 19.9. The van der Waals surface area contributed by atoms with Crippen LogP contribution in [-0.2, 0) is 11.3 Å². The number of carbonyl (C=O) groups excluding carboxylic acids is 1. The summed E-state index contributed by atoms with van der Waals surface area (Å²) in [4.78, 5) is 23.3. The molecule has 2 rings (SSSR count). The summed E-state index contributed by atoms with van der Waals surface area (Å²) in [6.45, 7) is 6.20. The molecule has 0 aliphatic carbocycles. The Morgan fingerprint density at radius 1 is 1.45 bits per heavy atom. The Morgan fingerprint density at radius 3 is 2.82 bits per heavy atom. The van der Waals surface area contributed by atoms with E-state index in [4.69, 9.17) is 5.11 Å². The Hall–Kier alpha value is -2.64. The molecule has 0 aliphatic rings. The van der Waals surface area contributed by atoms with E-state index in [2.05, 4.69) is 15.5 Å². The molecule has 118 valence electrons. The number of amides is 1. The van der Waals surface area contributed by atoms with Gasteiger partial charge in [0.05, 0.1) is 0 Å². The maximum absolute atomic E-state index is 12.3. The zero-order valence-electron chi connectivity index (χ0n) is 12.8. The number of carboxylic acids is 1. The molecule has 0 spiro atoms. The molecule has 2 aromatic rings. The van der Waals surface area contributed by atoms with Gasteiger partial charge in [-0.3, -0.25) is 9.48 Å². The van der Waals surface area contributed by atoms with E-state index in [0.717, 1.165) is 18.7 Å². The molecule has 0 saturated heterocycles. The molecule has 1 amide bonds. The second-order valence-corrected chi connectivity index (χ2v) is 5.02. The van der Waals surface area contributed by atoms with Crippen LogP contribution in [0.15, 0.2) is 18.3 Å². The fourth-order valence-electron chi connectivity index (χ4n) is 2.10. The molecule has 0 radical (unpaired) electrons. The van der Waals surface area contributed by atoms with Crippen LogP contribution < -0.4 is 5.32 Å². The van der Waals surface area contributed by atoms with Gasteiger partial charge in [0, 0.05) is 24.5 Å². The molecule has 0 aliphatic heterocycles. The average molecular weight is 305 g/mol. The third-order valence-electron chi connectivity index (χ3n) is 3.29. The van der Waals surface area contributed by atoms with Crippen LogP contribution in [-0.4, -0.2) is 36.5 Å². The largest absolute Gasteiger partial charge is 0.480 e. The molecule has 0 saturated carbocycles. The fourth-order valence-corrected chi connectivity index (χ4v) is 2.10. The summed E-state index contributed by atoms with van der Waals surface area (Å²) in [5.41, 5.74) is 1.13. The predicted octanol–water partition coefficient (Wildman–Crippen LogP) is 1.70. The summed E-state index contributed by atoms with van der Waals surface area (Å²) in [6.07, 6.45) is 2.34. The van der Waals surface area contributed by atoms with E-state index < -0.39 is 17.9 Å². The van der Waals surface area contributed by atoms with Crippen molar-refractivity contribution in [2.75, 3.05) is 5.32 Å². The third-order valence-corrected chi connectivity index (χ3v) is 3.29. The zero-order valence-corrected chi connectivity index (χ0v) is 12.8. The van der Waals surface area contributed by atoms with Gasteiger partial charge < -0.3 is 10.4 Å². The van der Waals surface area contributed by atoms with Gasteiger partial charge in [-0.25, -0.2) is 9.48 Å². The van der Waals surface area contributed by atoms with Gasteiger partial charge in [0.2, 0.25) is 0 Å². The smallest absolute Gasteiger partial charge is 0.328 e. The monoisotopic (exact) mass is 305 g/mol. The van der Waals surface area contributed by atoms with Crippen molar-refractivity contribution in [1.29, 1.82) is 0 Å². The first-order valence-electron chi connectivity index (χ1n) is 7.06. The zero-order chi connectivity index (χ0) is 16.3. The molecule has 0 fully saturated rings. The van der Waals surface area contributed by atoms with Gasteiger partial charge in [0.15, 0.2) is 5.82 Å². The Balaban J connectivity index is 2.18. The van der Waals surface area contributed by atoms with Gasteiger partial charge >= 0.3 is 5.97 Å². The van der Waals surface area contributed by atoms with Crippen LogP contribution in [0.25, 0.3) is 0 Å². The van der Waals surface area contributed by atoms with E-state index in [0.29, 0.717) is 5.82 Å². The molecule has 8 heteroatoms. The lowest BCUT2D eigenvalue weighted by atomic mass is 10.3. The van der Waals surface area contributed by atoms with Crippen LogP contribution in [0.4, 0.5) is 5.82 Å². The second-order valence-electron chi connectivity index (χ2n) is 5.02. The van der Waals surface area contributed by atoms with Crippen molar-refractivity contribution in [2.24, 2.45) is 0 Å². The highest BCUT2D eigenvalue weighted by molar-refractivity contribution is 6.02. The second kappa shape index (κ2) is 6.42. The lowest BCUT2D eigenvalue weighted by molar-refractivity contribution is -0.140. The minimum atomic E-state index is -1.05. The molecule has 0 aromatic carbocycles. The number of nitrogens with zero attached hydrogens (tertiary/aromatic N) is 4. The molecule has 1 unspecified atom stereocenters. The van der Waals surface area contributed by atoms with Crippen molar-refractivity contribution in [3.05, 3.63) is 29.7 Å². The van der Waals surface area contributed by atoms with E-state index in [1.165, 1.54) is 23.9 Å². The quantitative estimate of drug-likeness (QED) is 0.845. The van der Waals surface area contributed by atoms with Gasteiger partial charge in [-0.15, -0.1) is 0 Å². The summed E-state index contributed by atoms with van der Waals surface area (Å²) in [5.74, 6) is -1.06. The van der Waals surface area contributed by atoms with Crippen molar-refractivity contribution < 1.29 is 14.7 Å². The number of aromatic nitrogens is 4. The minimum Gasteiger partial charge on any atom is -0.480 e. The normalized spacial score (nSPS) is 12.1. The highest BCUT2D eigenvalue weighted by atomic mass is 16.4. The van der Waals surface area contributed by atoms with Crippen LogP contribution in [0.5, 0.6) is 0 Å². The summed E-state index contributed by atoms with van der Waals surface area (Å²) < 4.78 is 2.99. The number of anilines is 1. The molecule has 1 atom stereocenters. The SMILES string of the molecule is CCCn1nc(NC(=O)c2ccnn2C(C)C(=O)O)cc1C. The van der Waals surface area contributed by atoms with E-state index in [-0.39, 0.29) is 5.69 Å². The summed E-state index contributed by atoms with van der Waals surface area (Å²) in [7, 11) is 0. The van der Waals surface area contributed by atoms with Gasteiger partial charge in [-0.1, -0.05) is 6.92 Å². The maximum atomic E-state index is 12.3. The first-order chi connectivity index (χ1) is 10.4.